The van der Waals surface area contributed by atoms with E-state index in [0.717, 1.165) is 43.6 Å². The summed E-state index contributed by atoms with van der Waals surface area (Å²) in [5.74, 6) is 1.78. The third-order valence-corrected chi connectivity index (χ3v) is 5.54. The van der Waals surface area contributed by atoms with E-state index in [1.807, 2.05) is 30.0 Å². The molecule has 142 valence electrons. The van der Waals surface area contributed by atoms with E-state index in [-0.39, 0.29) is 5.91 Å². The van der Waals surface area contributed by atoms with Gasteiger partial charge in [0.25, 0.3) is 5.91 Å². The van der Waals surface area contributed by atoms with Gasteiger partial charge in [0.2, 0.25) is 5.95 Å². The van der Waals surface area contributed by atoms with Crippen molar-refractivity contribution < 1.29 is 4.79 Å². The maximum Gasteiger partial charge on any atom is 0.255 e. The van der Waals surface area contributed by atoms with Gasteiger partial charge in [-0.25, -0.2) is 4.98 Å². The average molecular weight is 386 g/mol. The van der Waals surface area contributed by atoms with Crippen LogP contribution in [0.3, 0.4) is 0 Å². The third-order valence-electron chi connectivity index (χ3n) is 5.21. The molecule has 1 aromatic heterocycles. The molecule has 7 heteroatoms. The molecule has 2 fully saturated rings. The molecule has 0 radical (unpaired) electrons. The molecular formula is C20H24ClN5O. The number of rotatable bonds is 3. The molecule has 1 amide bonds. The molecule has 2 aromatic rings. The first-order valence-corrected chi connectivity index (χ1v) is 9.89. The van der Waals surface area contributed by atoms with Gasteiger partial charge in [-0.3, -0.25) is 4.79 Å². The highest BCUT2D eigenvalue weighted by Crippen LogP contribution is 2.23. The van der Waals surface area contributed by atoms with E-state index >= 15 is 0 Å². The zero-order valence-electron chi connectivity index (χ0n) is 15.6. The molecular weight excluding hydrogens is 362 g/mol. The van der Waals surface area contributed by atoms with Gasteiger partial charge >= 0.3 is 0 Å². The summed E-state index contributed by atoms with van der Waals surface area (Å²) in [5, 5.41) is 0.506. The van der Waals surface area contributed by atoms with Gasteiger partial charge in [-0.1, -0.05) is 23.7 Å². The molecule has 0 atom stereocenters. The Morgan fingerprint density at radius 1 is 0.963 bits per heavy atom. The Morgan fingerprint density at radius 2 is 1.67 bits per heavy atom. The molecule has 27 heavy (non-hydrogen) atoms. The maximum absolute atomic E-state index is 12.7. The quantitative estimate of drug-likeness (QED) is 0.813. The zero-order valence-corrected chi connectivity index (χ0v) is 16.3. The van der Waals surface area contributed by atoms with Crippen LogP contribution in [-0.4, -0.2) is 60.0 Å². The standard InChI is InChI=1S/C20H24ClN5O/c1-15-14-18(23-20(22-15)26-8-4-5-9-26)24-10-12-25(13-11-24)19(27)16-6-2-3-7-17(16)21/h2-3,6-7,14H,4-5,8-13H2,1H3. The lowest BCUT2D eigenvalue weighted by molar-refractivity contribution is 0.0746. The summed E-state index contributed by atoms with van der Waals surface area (Å²) in [4.78, 5) is 28.5. The van der Waals surface area contributed by atoms with Gasteiger partial charge in [0.1, 0.15) is 5.82 Å². The van der Waals surface area contributed by atoms with Crippen molar-refractivity contribution in [2.75, 3.05) is 49.1 Å². The van der Waals surface area contributed by atoms with Crippen molar-refractivity contribution in [3.8, 4) is 0 Å². The molecule has 2 saturated heterocycles. The van der Waals surface area contributed by atoms with Crippen molar-refractivity contribution in [3.05, 3.63) is 46.6 Å². The molecule has 0 unspecified atom stereocenters. The highest BCUT2D eigenvalue weighted by molar-refractivity contribution is 6.33. The smallest absolute Gasteiger partial charge is 0.255 e. The first-order valence-electron chi connectivity index (χ1n) is 9.51. The molecule has 6 nitrogen and oxygen atoms in total. The lowest BCUT2D eigenvalue weighted by Gasteiger charge is -2.36. The summed E-state index contributed by atoms with van der Waals surface area (Å²) in [6.07, 6.45) is 2.41. The predicted octanol–water partition coefficient (Wildman–Crippen LogP) is 3.00. The fraction of sp³-hybridized carbons (Fsp3) is 0.450. The Hall–Kier alpha value is -2.34. The topological polar surface area (TPSA) is 52.6 Å². The summed E-state index contributed by atoms with van der Waals surface area (Å²) in [7, 11) is 0. The number of anilines is 2. The van der Waals surface area contributed by atoms with Crippen LogP contribution in [0.25, 0.3) is 0 Å². The third kappa shape index (κ3) is 3.86. The van der Waals surface area contributed by atoms with Gasteiger partial charge in [-0.05, 0) is 31.9 Å². The van der Waals surface area contributed by atoms with Crippen molar-refractivity contribution in [3.63, 3.8) is 0 Å². The van der Waals surface area contributed by atoms with Crippen LogP contribution in [0.2, 0.25) is 5.02 Å². The lowest BCUT2D eigenvalue weighted by atomic mass is 10.2. The van der Waals surface area contributed by atoms with Crippen LogP contribution in [0.1, 0.15) is 28.9 Å². The van der Waals surface area contributed by atoms with Crippen molar-refractivity contribution >= 4 is 29.3 Å². The molecule has 3 heterocycles. The number of hydrogen-bond acceptors (Lipinski definition) is 5. The monoisotopic (exact) mass is 385 g/mol. The van der Waals surface area contributed by atoms with Crippen molar-refractivity contribution in [1.82, 2.24) is 14.9 Å². The highest BCUT2D eigenvalue weighted by Gasteiger charge is 2.25. The van der Waals surface area contributed by atoms with Gasteiger partial charge in [0.05, 0.1) is 10.6 Å². The molecule has 4 rings (SSSR count). The lowest BCUT2D eigenvalue weighted by Crippen LogP contribution is -2.49. The predicted molar refractivity (Wildman–Crippen MR) is 108 cm³/mol. The van der Waals surface area contributed by atoms with Gasteiger partial charge in [0, 0.05) is 51.0 Å². The van der Waals surface area contributed by atoms with Gasteiger partial charge in [-0.2, -0.15) is 4.98 Å². The normalized spacial score (nSPS) is 17.5. The Morgan fingerprint density at radius 3 is 2.37 bits per heavy atom. The number of carbonyl (C=O) groups is 1. The van der Waals surface area contributed by atoms with E-state index in [4.69, 9.17) is 16.6 Å². The van der Waals surface area contributed by atoms with Crippen LogP contribution in [0.5, 0.6) is 0 Å². The highest BCUT2D eigenvalue weighted by atomic mass is 35.5. The van der Waals surface area contributed by atoms with Crippen LogP contribution < -0.4 is 9.80 Å². The van der Waals surface area contributed by atoms with Gasteiger partial charge < -0.3 is 14.7 Å². The minimum Gasteiger partial charge on any atom is -0.353 e. The fourth-order valence-corrected chi connectivity index (χ4v) is 3.92. The first-order chi connectivity index (χ1) is 13.1. The molecule has 0 aliphatic carbocycles. The number of nitrogens with zero attached hydrogens (tertiary/aromatic N) is 5. The van der Waals surface area contributed by atoms with E-state index in [1.54, 1.807) is 12.1 Å². The minimum atomic E-state index is -0.00289. The number of hydrogen-bond donors (Lipinski definition) is 0. The summed E-state index contributed by atoms with van der Waals surface area (Å²) >= 11 is 6.18. The minimum absolute atomic E-state index is 0.00289. The van der Waals surface area contributed by atoms with Crippen LogP contribution in [0.4, 0.5) is 11.8 Å². The van der Waals surface area contributed by atoms with E-state index in [0.29, 0.717) is 23.7 Å². The van der Waals surface area contributed by atoms with Gasteiger partial charge in [0.15, 0.2) is 0 Å². The maximum atomic E-state index is 12.7. The number of piperazine rings is 1. The molecule has 0 saturated carbocycles. The van der Waals surface area contributed by atoms with Crippen LogP contribution in [0, 0.1) is 6.92 Å². The molecule has 0 bridgehead atoms. The van der Waals surface area contributed by atoms with Crippen LogP contribution in [-0.2, 0) is 0 Å². The van der Waals surface area contributed by atoms with E-state index < -0.39 is 0 Å². The summed E-state index contributed by atoms with van der Waals surface area (Å²) in [5.41, 5.74) is 1.55. The fourth-order valence-electron chi connectivity index (χ4n) is 3.70. The Kier molecular flexibility index (Phi) is 5.16. The molecule has 1 aromatic carbocycles. The largest absolute Gasteiger partial charge is 0.353 e. The second-order valence-corrected chi connectivity index (χ2v) is 7.53. The molecule has 0 N–H and O–H groups in total. The second kappa shape index (κ2) is 7.72. The average Bonchev–Trinajstić information content (AvgIpc) is 3.22. The van der Waals surface area contributed by atoms with Gasteiger partial charge in [-0.15, -0.1) is 0 Å². The first kappa shape index (κ1) is 18.0. The van der Waals surface area contributed by atoms with Crippen molar-refractivity contribution in [1.29, 1.82) is 0 Å². The van der Waals surface area contributed by atoms with Crippen molar-refractivity contribution in [2.24, 2.45) is 0 Å². The number of aryl methyl sites for hydroxylation is 1. The Balaban J connectivity index is 1.45. The summed E-state index contributed by atoms with van der Waals surface area (Å²) in [6, 6.07) is 9.26. The van der Waals surface area contributed by atoms with Crippen LogP contribution >= 0.6 is 11.6 Å². The zero-order chi connectivity index (χ0) is 18.8. The van der Waals surface area contributed by atoms with Crippen molar-refractivity contribution in [2.45, 2.75) is 19.8 Å². The van der Waals surface area contributed by atoms with E-state index in [2.05, 4.69) is 14.8 Å². The SMILES string of the molecule is Cc1cc(N2CCN(C(=O)c3ccccc3Cl)CC2)nc(N2CCCC2)n1. The number of amides is 1. The number of halogens is 1. The Bertz CT molecular complexity index is 829. The molecule has 0 spiro atoms. The molecule has 2 aliphatic heterocycles. The summed E-state index contributed by atoms with van der Waals surface area (Å²) in [6.45, 7) is 6.91. The van der Waals surface area contributed by atoms with E-state index in [9.17, 15) is 4.79 Å². The number of carbonyl (C=O) groups excluding carboxylic acids is 1. The molecule has 2 aliphatic rings. The van der Waals surface area contributed by atoms with E-state index in [1.165, 1.54) is 12.8 Å². The number of aromatic nitrogens is 2. The second-order valence-electron chi connectivity index (χ2n) is 7.12. The van der Waals surface area contributed by atoms with Crippen LogP contribution in [0.15, 0.2) is 30.3 Å². The summed E-state index contributed by atoms with van der Waals surface area (Å²) < 4.78 is 0. The Labute approximate surface area is 164 Å². The number of benzene rings is 1.